The molecule has 1 N–H and O–H groups in total. The maximum Gasteiger partial charge on any atom is 0.109 e. The largest absolute Gasteiger partial charge is 0.395 e. The van der Waals surface area contributed by atoms with Crippen LogP contribution in [0.4, 0.5) is 22.7 Å². The number of nitroso groups, excluding NO2 is 1. The SMILES string of the molecule is CCN(CCO)c1ccc(N=Nc2ccc(N=O)cc2Cl)cc1. The van der Waals surface area contributed by atoms with E-state index >= 15 is 0 Å². The van der Waals surface area contributed by atoms with E-state index in [1.807, 2.05) is 31.2 Å². The van der Waals surface area contributed by atoms with E-state index in [-0.39, 0.29) is 12.3 Å². The maximum absolute atomic E-state index is 10.4. The summed E-state index contributed by atoms with van der Waals surface area (Å²) in [5, 5.41) is 20.4. The Hall–Kier alpha value is -2.31. The fourth-order valence-electron chi connectivity index (χ4n) is 2.07. The van der Waals surface area contributed by atoms with E-state index in [1.54, 1.807) is 6.07 Å². The van der Waals surface area contributed by atoms with E-state index in [9.17, 15) is 4.91 Å². The number of rotatable bonds is 7. The number of aliphatic hydroxyl groups is 1. The molecule has 0 bridgehead atoms. The van der Waals surface area contributed by atoms with Crippen molar-refractivity contribution in [2.24, 2.45) is 15.4 Å². The van der Waals surface area contributed by atoms with Gasteiger partial charge in [0.05, 0.1) is 17.3 Å². The van der Waals surface area contributed by atoms with Crippen LogP contribution in [0.1, 0.15) is 6.92 Å². The van der Waals surface area contributed by atoms with Crippen molar-refractivity contribution in [3.8, 4) is 0 Å². The van der Waals surface area contributed by atoms with Crippen LogP contribution in [0.3, 0.4) is 0 Å². The Kier molecular flexibility index (Phi) is 6.19. The average Bonchev–Trinajstić information content (AvgIpc) is 2.59. The van der Waals surface area contributed by atoms with Crippen LogP contribution in [-0.2, 0) is 0 Å². The molecule has 0 saturated heterocycles. The zero-order chi connectivity index (χ0) is 16.7. The molecule has 0 heterocycles. The fourth-order valence-corrected chi connectivity index (χ4v) is 2.28. The number of halogens is 1. The van der Waals surface area contributed by atoms with Crippen LogP contribution in [0.25, 0.3) is 0 Å². The molecule has 0 amide bonds. The van der Waals surface area contributed by atoms with Crippen LogP contribution in [-0.4, -0.2) is 24.8 Å². The van der Waals surface area contributed by atoms with E-state index in [0.717, 1.165) is 12.2 Å². The molecule has 2 rings (SSSR count). The molecule has 0 spiro atoms. The Balaban J connectivity index is 2.12. The molecule has 0 atom stereocenters. The van der Waals surface area contributed by atoms with Crippen molar-refractivity contribution >= 4 is 34.4 Å². The molecule has 0 aliphatic heterocycles. The average molecular weight is 333 g/mol. The zero-order valence-corrected chi connectivity index (χ0v) is 13.4. The molecule has 120 valence electrons. The quantitative estimate of drug-likeness (QED) is 0.574. The second kappa shape index (κ2) is 8.36. The molecule has 0 radical (unpaired) electrons. The van der Waals surface area contributed by atoms with Crippen LogP contribution in [0, 0.1) is 4.91 Å². The standard InChI is InChI=1S/C16H17ClN4O2/c1-2-21(9-10-22)14-6-3-12(4-7-14)18-19-16-8-5-13(20-23)11-15(16)17/h3-8,11,22H,2,9-10H2,1H3. The van der Waals surface area contributed by atoms with Crippen molar-refractivity contribution < 1.29 is 5.11 Å². The summed E-state index contributed by atoms with van der Waals surface area (Å²) in [4.78, 5) is 12.5. The highest BCUT2D eigenvalue weighted by atomic mass is 35.5. The molecule has 23 heavy (non-hydrogen) atoms. The van der Waals surface area contributed by atoms with Crippen molar-refractivity contribution in [3.63, 3.8) is 0 Å². The Morgan fingerprint density at radius 3 is 2.35 bits per heavy atom. The molecular weight excluding hydrogens is 316 g/mol. The van der Waals surface area contributed by atoms with Gasteiger partial charge in [0, 0.05) is 18.8 Å². The summed E-state index contributed by atoms with van der Waals surface area (Å²) in [5.74, 6) is 0. The Morgan fingerprint density at radius 2 is 1.78 bits per heavy atom. The second-order valence-corrected chi connectivity index (χ2v) is 5.15. The van der Waals surface area contributed by atoms with Gasteiger partial charge in [-0.25, -0.2) is 0 Å². The zero-order valence-electron chi connectivity index (χ0n) is 12.7. The highest BCUT2D eigenvalue weighted by Crippen LogP contribution is 2.30. The van der Waals surface area contributed by atoms with Gasteiger partial charge >= 0.3 is 0 Å². The van der Waals surface area contributed by atoms with E-state index in [1.165, 1.54) is 12.1 Å². The molecule has 0 fully saturated rings. The lowest BCUT2D eigenvalue weighted by molar-refractivity contribution is 0.302. The normalized spacial score (nSPS) is 10.9. The number of nitrogens with zero attached hydrogens (tertiary/aromatic N) is 4. The van der Waals surface area contributed by atoms with Crippen LogP contribution < -0.4 is 4.90 Å². The Bertz CT molecular complexity index is 689. The summed E-state index contributed by atoms with van der Waals surface area (Å²) >= 11 is 6.01. The van der Waals surface area contributed by atoms with Gasteiger partial charge in [-0.15, -0.1) is 10.0 Å². The molecule has 0 aromatic heterocycles. The number of hydrogen-bond acceptors (Lipinski definition) is 6. The number of anilines is 1. The van der Waals surface area contributed by atoms with Crippen molar-refractivity contribution in [1.29, 1.82) is 0 Å². The van der Waals surface area contributed by atoms with Crippen LogP contribution in [0.2, 0.25) is 5.02 Å². The first-order valence-electron chi connectivity index (χ1n) is 7.18. The third kappa shape index (κ3) is 4.58. The minimum atomic E-state index is 0.111. The van der Waals surface area contributed by atoms with Gasteiger partial charge in [-0.2, -0.15) is 5.11 Å². The van der Waals surface area contributed by atoms with Crippen LogP contribution in [0.5, 0.6) is 0 Å². The van der Waals surface area contributed by atoms with Gasteiger partial charge < -0.3 is 10.0 Å². The van der Waals surface area contributed by atoms with Crippen molar-refractivity contribution in [2.45, 2.75) is 6.92 Å². The third-order valence-corrected chi connectivity index (χ3v) is 3.58. The van der Waals surface area contributed by atoms with Gasteiger partial charge in [-0.3, -0.25) is 0 Å². The third-order valence-electron chi connectivity index (χ3n) is 3.28. The van der Waals surface area contributed by atoms with Crippen molar-refractivity contribution in [1.82, 2.24) is 0 Å². The minimum absolute atomic E-state index is 0.111. The molecule has 0 aliphatic rings. The topological polar surface area (TPSA) is 77.6 Å². The second-order valence-electron chi connectivity index (χ2n) is 4.75. The summed E-state index contributed by atoms with van der Waals surface area (Å²) in [6.07, 6.45) is 0. The number of aliphatic hydroxyl groups excluding tert-OH is 1. The van der Waals surface area contributed by atoms with Crippen molar-refractivity contribution in [3.05, 3.63) is 52.4 Å². The summed E-state index contributed by atoms with van der Waals surface area (Å²) < 4.78 is 0. The first kappa shape index (κ1) is 17.1. The van der Waals surface area contributed by atoms with Gasteiger partial charge in [0.1, 0.15) is 11.4 Å². The molecule has 2 aromatic carbocycles. The van der Waals surface area contributed by atoms with E-state index in [2.05, 4.69) is 20.3 Å². The smallest absolute Gasteiger partial charge is 0.109 e. The predicted molar refractivity (Wildman–Crippen MR) is 92.5 cm³/mol. The molecule has 0 saturated carbocycles. The van der Waals surface area contributed by atoms with E-state index in [0.29, 0.717) is 22.9 Å². The molecular formula is C16H17ClN4O2. The minimum Gasteiger partial charge on any atom is -0.395 e. The van der Waals surface area contributed by atoms with Crippen LogP contribution in [0.15, 0.2) is 57.9 Å². The van der Waals surface area contributed by atoms with Gasteiger partial charge in [-0.1, -0.05) is 11.6 Å². The van der Waals surface area contributed by atoms with Gasteiger partial charge in [-0.05, 0) is 54.6 Å². The van der Waals surface area contributed by atoms with Gasteiger partial charge in [0.2, 0.25) is 0 Å². The number of likely N-dealkylation sites (N-methyl/N-ethyl adjacent to an activating group) is 1. The lowest BCUT2D eigenvalue weighted by Crippen LogP contribution is -2.25. The lowest BCUT2D eigenvalue weighted by Gasteiger charge is -2.21. The molecule has 6 nitrogen and oxygen atoms in total. The summed E-state index contributed by atoms with van der Waals surface area (Å²) in [7, 11) is 0. The summed E-state index contributed by atoms with van der Waals surface area (Å²) in [6.45, 7) is 3.54. The number of hydrogen-bond donors (Lipinski definition) is 1. The first-order valence-corrected chi connectivity index (χ1v) is 7.56. The molecule has 7 heteroatoms. The lowest BCUT2D eigenvalue weighted by atomic mass is 10.2. The molecule has 2 aromatic rings. The molecule has 0 unspecified atom stereocenters. The maximum atomic E-state index is 10.4. The monoisotopic (exact) mass is 332 g/mol. The predicted octanol–water partition coefficient (Wildman–Crippen LogP) is 4.97. The van der Waals surface area contributed by atoms with Gasteiger partial charge in [0.15, 0.2) is 0 Å². The van der Waals surface area contributed by atoms with Crippen LogP contribution >= 0.6 is 11.6 Å². The highest BCUT2D eigenvalue weighted by Gasteiger charge is 2.04. The molecule has 0 aliphatic carbocycles. The van der Waals surface area contributed by atoms with Gasteiger partial charge in [0.25, 0.3) is 0 Å². The highest BCUT2D eigenvalue weighted by molar-refractivity contribution is 6.33. The Morgan fingerprint density at radius 1 is 1.09 bits per heavy atom. The van der Waals surface area contributed by atoms with Crippen molar-refractivity contribution in [2.75, 3.05) is 24.6 Å². The summed E-state index contributed by atoms with van der Waals surface area (Å²) in [6, 6.07) is 12.1. The van der Waals surface area contributed by atoms with E-state index < -0.39 is 0 Å². The van der Waals surface area contributed by atoms with E-state index in [4.69, 9.17) is 16.7 Å². The fraction of sp³-hybridized carbons (Fsp3) is 0.250. The number of benzene rings is 2. The Labute approximate surface area is 139 Å². The first-order chi connectivity index (χ1) is 11.2. The summed E-state index contributed by atoms with van der Waals surface area (Å²) in [5.41, 5.74) is 2.42. The number of azo groups is 1.